The van der Waals surface area contributed by atoms with E-state index in [0.29, 0.717) is 11.9 Å². The molecule has 0 heterocycles. The number of rotatable bonds is 4. The normalized spacial score (nSPS) is 15.9. The molecular formula is C14H26N6S. The molecule has 0 bridgehead atoms. The second-order valence-electron chi connectivity index (χ2n) is 4.84. The van der Waals surface area contributed by atoms with Crippen molar-refractivity contribution in [2.75, 3.05) is 12.4 Å². The molecule has 0 unspecified atom stereocenters. The summed E-state index contributed by atoms with van der Waals surface area (Å²) in [5.41, 5.74) is 14.5. The molecule has 0 amide bonds. The lowest BCUT2D eigenvalue weighted by molar-refractivity contribution is 0.462. The molecule has 1 aliphatic carbocycles. The van der Waals surface area contributed by atoms with E-state index >= 15 is 0 Å². The van der Waals surface area contributed by atoms with E-state index in [-0.39, 0.29) is 0 Å². The van der Waals surface area contributed by atoms with Crippen LogP contribution in [0.25, 0.3) is 0 Å². The van der Waals surface area contributed by atoms with E-state index < -0.39 is 0 Å². The minimum absolute atomic E-state index is 0.358. The van der Waals surface area contributed by atoms with E-state index in [2.05, 4.69) is 34.3 Å². The Morgan fingerprint density at radius 1 is 1.24 bits per heavy atom. The maximum Gasteiger partial charge on any atom is 0.154 e. The van der Waals surface area contributed by atoms with Crippen molar-refractivity contribution in [2.24, 2.45) is 22.4 Å². The number of nitrogens with one attached hydrogen (secondary N) is 2. The van der Waals surface area contributed by atoms with Crippen LogP contribution < -0.4 is 28.2 Å². The number of hydrogen-bond acceptors (Lipinski definition) is 6. The van der Waals surface area contributed by atoms with Gasteiger partial charge >= 0.3 is 0 Å². The summed E-state index contributed by atoms with van der Waals surface area (Å²) in [7, 11) is 1.50. The second-order valence-corrected chi connectivity index (χ2v) is 5.35. The monoisotopic (exact) mass is 310 g/mol. The van der Waals surface area contributed by atoms with Crippen LogP contribution in [-0.4, -0.2) is 18.9 Å². The van der Waals surface area contributed by atoms with Gasteiger partial charge in [0, 0.05) is 22.2 Å². The molecule has 0 aliphatic heterocycles. The van der Waals surface area contributed by atoms with E-state index in [4.69, 9.17) is 11.6 Å². The summed E-state index contributed by atoms with van der Waals surface area (Å²) in [5, 5.41) is 7.39. The van der Waals surface area contributed by atoms with Crippen LogP contribution in [0.4, 0.5) is 5.69 Å². The summed E-state index contributed by atoms with van der Waals surface area (Å²) in [4.78, 5) is 0.847. The molecule has 1 aromatic carbocycles. The second kappa shape index (κ2) is 9.49. The lowest BCUT2D eigenvalue weighted by Crippen LogP contribution is -2.27. The molecular weight excluding hydrogens is 284 g/mol. The summed E-state index contributed by atoms with van der Waals surface area (Å²) in [5.74, 6) is 5.54. The fourth-order valence-electron chi connectivity index (χ4n) is 2.47. The summed E-state index contributed by atoms with van der Waals surface area (Å²) >= 11 is 4.34. The highest BCUT2D eigenvalue weighted by Gasteiger charge is 2.15. The number of nitrogens with two attached hydrogens (primary N) is 3. The van der Waals surface area contributed by atoms with Crippen molar-refractivity contribution in [2.45, 2.75) is 43.0 Å². The first-order valence-electron chi connectivity index (χ1n) is 7.17. The van der Waals surface area contributed by atoms with Crippen molar-refractivity contribution in [3.05, 3.63) is 23.8 Å². The Bertz CT molecular complexity index is 457. The number of anilines is 1. The molecule has 0 radical (unpaired) electrons. The van der Waals surface area contributed by atoms with Gasteiger partial charge in [0.1, 0.15) is 0 Å². The van der Waals surface area contributed by atoms with Crippen molar-refractivity contribution >= 4 is 24.2 Å². The van der Waals surface area contributed by atoms with Crippen LogP contribution in [0.15, 0.2) is 28.2 Å². The summed E-state index contributed by atoms with van der Waals surface area (Å²) in [6, 6.07) is 6.34. The number of amidine groups is 1. The van der Waals surface area contributed by atoms with Gasteiger partial charge in [-0.15, -0.1) is 17.7 Å². The van der Waals surface area contributed by atoms with Crippen LogP contribution in [0.2, 0.25) is 0 Å². The van der Waals surface area contributed by atoms with Gasteiger partial charge in [-0.1, -0.05) is 19.3 Å². The molecule has 8 N–H and O–H groups in total. The standard InChI is InChI=1S/C13H21N5S.CH5N/c14-13(17-18-15)11-8-10(19)6-7-12(11)16-9-4-2-1-3-5-9;1-2/h6-9,16,18-19H,1-5,15H2,(H2,14,17);2H2,1H3. The third kappa shape index (κ3) is 5.45. The summed E-state index contributed by atoms with van der Waals surface area (Å²) < 4.78 is 0. The van der Waals surface area contributed by atoms with E-state index in [1.807, 2.05) is 18.2 Å². The lowest BCUT2D eigenvalue weighted by atomic mass is 9.95. The quantitative estimate of drug-likeness (QED) is 0.165. The molecule has 1 saturated carbocycles. The zero-order valence-electron chi connectivity index (χ0n) is 12.5. The molecule has 7 heteroatoms. The Labute approximate surface area is 131 Å². The lowest BCUT2D eigenvalue weighted by Gasteiger charge is -2.25. The SMILES string of the molecule is CN.NN/N=C(\N)c1cc(S)ccc1NC1CCCCC1. The highest BCUT2D eigenvalue weighted by Crippen LogP contribution is 2.25. The van der Waals surface area contributed by atoms with Crippen molar-refractivity contribution in [3.8, 4) is 0 Å². The van der Waals surface area contributed by atoms with Gasteiger partial charge in [-0.3, -0.25) is 0 Å². The van der Waals surface area contributed by atoms with E-state index in [0.717, 1.165) is 16.1 Å². The number of benzene rings is 1. The molecule has 0 atom stereocenters. The van der Waals surface area contributed by atoms with Crippen molar-refractivity contribution in [1.29, 1.82) is 0 Å². The molecule has 1 aromatic rings. The molecule has 1 fully saturated rings. The zero-order chi connectivity index (χ0) is 15.7. The Morgan fingerprint density at radius 2 is 1.90 bits per heavy atom. The number of thiol groups is 1. The average molecular weight is 310 g/mol. The van der Waals surface area contributed by atoms with E-state index in [9.17, 15) is 0 Å². The highest BCUT2D eigenvalue weighted by molar-refractivity contribution is 7.80. The predicted octanol–water partition coefficient (Wildman–Crippen LogP) is 1.38. The molecule has 0 spiro atoms. The van der Waals surface area contributed by atoms with Crippen molar-refractivity contribution in [3.63, 3.8) is 0 Å². The zero-order valence-corrected chi connectivity index (χ0v) is 13.4. The van der Waals surface area contributed by atoms with Gasteiger partial charge in [-0.25, -0.2) is 11.4 Å². The van der Waals surface area contributed by atoms with Gasteiger partial charge in [0.25, 0.3) is 0 Å². The van der Waals surface area contributed by atoms with Gasteiger partial charge in [0.05, 0.1) is 0 Å². The fraction of sp³-hybridized carbons (Fsp3) is 0.500. The van der Waals surface area contributed by atoms with Crippen LogP contribution >= 0.6 is 12.6 Å². The van der Waals surface area contributed by atoms with Crippen molar-refractivity contribution in [1.82, 2.24) is 5.53 Å². The Balaban J connectivity index is 0.00000106. The summed E-state index contributed by atoms with van der Waals surface area (Å²) in [6.07, 6.45) is 6.31. The van der Waals surface area contributed by atoms with Crippen LogP contribution in [-0.2, 0) is 0 Å². The third-order valence-corrected chi connectivity index (χ3v) is 3.71. The molecule has 21 heavy (non-hydrogen) atoms. The first-order chi connectivity index (χ1) is 10.2. The minimum atomic E-state index is 0.358. The topological polar surface area (TPSA) is 114 Å². The van der Waals surface area contributed by atoms with Gasteiger partial charge in [0.15, 0.2) is 5.84 Å². The van der Waals surface area contributed by atoms with Crippen LogP contribution in [0.3, 0.4) is 0 Å². The van der Waals surface area contributed by atoms with Crippen molar-refractivity contribution < 1.29 is 0 Å². The maximum atomic E-state index is 5.91. The van der Waals surface area contributed by atoms with E-state index in [1.165, 1.54) is 39.2 Å². The highest BCUT2D eigenvalue weighted by atomic mass is 32.1. The predicted molar refractivity (Wildman–Crippen MR) is 92.3 cm³/mol. The molecule has 0 aromatic heterocycles. The Morgan fingerprint density at radius 3 is 2.52 bits per heavy atom. The van der Waals surface area contributed by atoms with Crippen LogP contribution in [0.5, 0.6) is 0 Å². The number of hydrogen-bond donors (Lipinski definition) is 6. The summed E-state index contributed by atoms with van der Waals surface area (Å²) in [6.45, 7) is 0. The van der Waals surface area contributed by atoms with Crippen LogP contribution in [0.1, 0.15) is 37.7 Å². The Hall–Kier alpha value is -1.44. The molecule has 0 saturated heterocycles. The molecule has 6 nitrogen and oxygen atoms in total. The maximum absolute atomic E-state index is 5.91. The van der Waals surface area contributed by atoms with Gasteiger partial charge in [0.2, 0.25) is 0 Å². The van der Waals surface area contributed by atoms with E-state index in [1.54, 1.807) is 0 Å². The van der Waals surface area contributed by atoms with Gasteiger partial charge in [-0.2, -0.15) is 0 Å². The first kappa shape index (κ1) is 17.6. The largest absolute Gasteiger partial charge is 0.382 e. The number of hydrazone groups is 1. The van der Waals surface area contributed by atoms with Gasteiger partial charge < -0.3 is 16.8 Å². The molecule has 118 valence electrons. The number of nitrogens with zero attached hydrogens (tertiary/aromatic N) is 1. The Kier molecular flexibility index (Phi) is 7.96. The number of hydrazine groups is 1. The third-order valence-electron chi connectivity index (χ3n) is 3.43. The minimum Gasteiger partial charge on any atom is -0.382 e. The smallest absolute Gasteiger partial charge is 0.154 e. The van der Waals surface area contributed by atoms with Crippen LogP contribution in [0, 0.1) is 0 Å². The molecule has 2 rings (SSSR count). The molecule has 1 aliphatic rings. The average Bonchev–Trinajstić information content (AvgIpc) is 2.52. The first-order valence-corrected chi connectivity index (χ1v) is 7.62. The van der Waals surface area contributed by atoms with Gasteiger partial charge in [-0.05, 0) is 38.1 Å². The fourth-order valence-corrected chi connectivity index (χ4v) is 2.67.